The third-order valence-corrected chi connectivity index (χ3v) is 6.34. The van der Waals surface area contributed by atoms with Crippen LogP contribution in [0.2, 0.25) is 0 Å². The maximum atomic E-state index is 10.8. The lowest BCUT2D eigenvalue weighted by Gasteiger charge is -2.18. The lowest BCUT2D eigenvalue weighted by atomic mass is 9.90. The number of rotatable bonds is 5. The SMILES string of the molecule is CCc1cccc2c(-c3c(P)ccc4c(CNC=O)cccc34)c(P)ccc12. The Balaban J connectivity index is 2.09. The van der Waals surface area contributed by atoms with Gasteiger partial charge in [-0.05, 0) is 60.8 Å². The van der Waals surface area contributed by atoms with Gasteiger partial charge in [-0.1, -0.05) is 67.6 Å². The molecule has 4 aromatic rings. The van der Waals surface area contributed by atoms with Gasteiger partial charge < -0.3 is 5.32 Å². The third kappa shape index (κ3) is 3.22. The Labute approximate surface area is 170 Å². The molecule has 0 heterocycles. The number of carbonyl (C=O) groups is 1. The van der Waals surface area contributed by atoms with Gasteiger partial charge in [0.1, 0.15) is 0 Å². The molecule has 28 heavy (non-hydrogen) atoms. The maximum Gasteiger partial charge on any atom is 0.207 e. The molecule has 0 saturated heterocycles. The summed E-state index contributed by atoms with van der Waals surface area (Å²) in [5.41, 5.74) is 4.98. The predicted molar refractivity (Wildman–Crippen MR) is 128 cm³/mol. The van der Waals surface area contributed by atoms with E-state index in [0.29, 0.717) is 6.54 Å². The van der Waals surface area contributed by atoms with Gasteiger partial charge in [-0.2, -0.15) is 0 Å². The highest BCUT2D eigenvalue weighted by atomic mass is 31.0. The van der Waals surface area contributed by atoms with Crippen LogP contribution in [0.4, 0.5) is 0 Å². The van der Waals surface area contributed by atoms with E-state index in [1.54, 1.807) is 0 Å². The van der Waals surface area contributed by atoms with Crippen LogP contribution in [0.15, 0.2) is 60.7 Å². The molecular formula is C24H23NOP2. The number of fused-ring (bicyclic) bond motifs is 2. The molecule has 1 amide bonds. The fraction of sp³-hybridized carbons (Fsp3) is 0.125. The molecule has 0 spiro atoms. The summed E-state index contributed by atoms with van der Waals surface area (Å²) in [4.78, 5) is 10.8. The van der Waals surface area contributed by atoms with Gasteiger partial charge in [-0.25, -0.2) is 0 Å². The first-order valence-electron chi connectivity index (χ1n) is 9.43. The fourth-order valence-electron chi connectivity index (χ4n) is 4.05. The monoisotopic (exact) mass is 403 g/mol. The summed E-state index contributed by atoms with van der Waals surface area (Å²) in [5.74, 6) is 0. The molecule has 0 aliphatic rings. The first-order chi connectivity index (χ1) is 13.7. The summed E-state index contributed by atoms with van der Waals surface area (Å²) in [5, 5.41) is 10.1. The first kappa shape index (κ1) is 19.1. The van der Waals surface area contributed by atoms with Gasteiger partial charge in [0.05, 0.1) is 0 Å². The van der Waals surface area contributed by atoms with Crippen LogP contribution in [0.5, 0.6) is 0 Å². The molecule has 140 valence electrons. The number of amides is 1. The van der Waals surface area contributed by atoms with Crippen LogP contribution in [0.3, 0.4) is 0 Å². The second kappa shape index (κ2) is 8.00. The van der Waals surface area contributed by atoms with E-state index in [2.05, 4.69) is 91.4 Å². The molecule has 0 aliphatic carbocycles. The fourth-order valence-corrected chi connectivity index (χ4v) is 4.84. The largest absolute Gasteiger partial charge is 0.355 e. The molecule has 0 saturated carbocycles. The molecule has 0 fully saturated rings. The molecule has 2 unspecified atom stereocenters. The van der Waals surface area contributed by atoms with Gasteiger partial charge in [0.2, 0.25) is 6.41 Å². The molecule has 4 rings (SSSR count). The number of carbonyl (C=O) groups excluding carboxylic acids is 1. The zero-order valence-corrected chi connectivity index (χ0v) is 18.1. The summed E-state index contributed by atoms with van der Waals surface area (Å²) < 4.78 is 0. The van der Waals surface area contributed by atoms with E-state index in [4.69, 9.17) is 0 Å². The Bertz CT molecular complexity index is 1200. The number of benzene rings is 4. The van der Waals surface area contributed by atoms with Crippen molar-refractivity contribution in [3.8, 4) is 11.1 Å². The van der Waals surface area contributed by atoms with Gasteiger partial charge in [-0.15, -0.1) is 18.5 Å². The number of nitrogens with one attached hydrogen (secondary N) is 1. The van der Waals surface area contributed by atoms with Crippen molar-refractivity contribution < 1.29 is 4.79 Å². The van der Waals surface area contributed by atoms with Crippen LogP contribution < -0.4 is 15.9 Å². The Morgan fingerprint density at radius 2 is 1.29 bits per heavy atom. The maximum absolute atomic E-state index is 10.8. The molecule has 1 N–H and O–H groups in total. The van der Waals surface area contributed by atoms with Gasteiger partial charge >= 0.3 is 0 Å². The highest BCUT2D eigenvalue weighted by Gasteiger charge is 2.15. The van der Waals surface area contributed by atoms with Crippen LogP contribution in [0, 0.1) is 0 Å². The molecular weight excluding hydrogens is 380 g/mol. The standard InChI is InChI=1S/C24H23NOP2/c1-2-15-5-3-7-19-17(15)9-11-21(27)23(19)24-20-8-4-6-16(13-25-14-26)18(20)10-12-22(24)28/h3-12,14H,2,13,27-28H2,1H3,(H,25,26). The number of hydrogen-bond donors (Lipinski definition) is 1. The zero-order chi connectivity index (χ0) is 19.7. The van der Waals surface area contributed by atoms with E-state index in [-0.39, 0.29) is 0 Å². The minimum atomic E-state index is 0.528. The lowest BCUT2D eigenvalue weighted by Crippen LogP contribution is -2.11. The van der Waals surface area contributed by atoms with Crippen LogP contribution in [-0.2, 0) is 17.8 Å². The van der Waals surface area contributed by atoms with E-state index in [1.165, 1.54) is 48.8 Å². The predicted octanol–water partition coefficient (Wildman–Crippen LogP) is 4.47. The van der Waals surface area contributed by atoms with Gasteiger partial charge in [0.15, 0.2) is 0 Å². The highest BCUT2D eigenvalue weighted by molar-refractivity contribution is 7.29. The molecule has 0 bridgehead atoms. The van der Waals surface area contributed by atoms with Crippen LogP contribution in [-0.4, -0.2) is 6.41 Å². The Morgan fingerprint density at radius 3 is 1.82 bits per heavy atom. The van der Waals surface area contributed by atoms with Crippen molar-refractivity contribution in [2.45, 2.75) is 19.9 Å². The van der Waals surface area contributed by atoms with Crippen molar-refractivity contribution in [2.75, 3.05) is 0 Å². The van der Waals surface area contributed by atoms with Crippen molar-refractivity contribution in [2.24, 2.45) is 0 Å². The van der Waals surface area contributed by atoms with E-state index >= 15 is 0 Å². The topological polar surface area (TPSA) is 29.1 Å². The molecule has 2 atom stereocenters. The highest BCUT2D eigenvalue weighted by Crippen LogP contribution is 2.35. The molecule has 4 heteroatoms. The van der Waals surface area contributed by atoms with E-state index < -0.39 is 0 Å². The average Bonchev–Trinajstić information content (AvgIpc) is 2.72. The zero-order valence-electron chi connectivity index (χ0n) is 15.8. The molecule has 0 aromatic heterocycles. The van der Waals surface area contributed by atoms with E-state index in [1.807, 2.05) is 0 Å². The molecule has 4 aromatic carbocycles. The third-order valence-electron chi connectivity index (χ3n) is 5.37. The summed E-state index contributed by atoms with van der Waals surface area (Å²) in [7, 11) is 5.81. The van der Waals surface area contributed by atoms with Gasteiger partial charge in [0.25, 0.3) is 0 Å². The molecule has 0 radical (unpaired) electrons. The molecule has 2 nitrogen and oxygen atoms in total. The van der Waals surface area contributed by atoms with Crippen molar-refractivity contribution in [3.63, 3.8) is 0 Å². The Morgan fingerprint density at radius 1 is 0.750 bits per heavy atom. The van der Waals surface area contributed by atoms with E-state index in [0.717, 1.165) is 18.4 Å². The first-order valence-corrected chi connectivity index (χ1v) is 10.6. The van der Waals surface area contributed by atoms with Crippen molar-refractivity contribution in [3.05, 3.63) is 71.8 Å². The molecule has 0 aliphatic heterocycles. The second-order valence-corrected chi connectivity index (χ2v) is 8.18. The summed E-state index contributed by atoms with van der Waals surface area (Å²) in [6, 6.07) is 21.6. The number of hydrogen-bond acceptors (Lipinski definition) is 1. The normalized spacial score (nSPS) is 11.1. The average molecular weight is 403 g/mol. The minimum absolute atomic E-state index is 0.528. The minimum Gasteiger partial charge on any atom is -0.355 e. The summed E-state index contributed by atoms with van der Waals surface area (Å²) in [6.45, 7) is 2.73. The van der Waals surface area contributed by atoms with Crippen LogP contribution in [0.1, 0.15) is 18.1 Å². The van der Waals surface area contributed by atoms with Crippen molar-refractivity contribution >= 4 is 57.0 Å². The van der Waals surface area contributed by atoms with Gasteiger partial charge in [-0.3, -0.25) is 4.79 Å². The summed E-state index contributed by atoms with van der Waals surface area (Å²) in [6.07, 6.45) is 1.76. The lowest BCUT2D eigenvalue weighted by molar-refractivity contribution is -0.109. The van der Waals surface area contributed by atoms with Crippen molar-refractivity contribution in [1.29, 1.82) is 0 Å². The second-order valence-electron chi connectivity index (χ2n) is 6.94. The van der Waals surface area contributed by atoms with Crippen molar-refractivity contribution in [1.82, 2.24) is 5.32 Å². The van der Waals surface area contributed by atoms with Gasteiger partial charge in [0, 0.05) is 6.54 Å². The van der Waals surface area contributed by atoms with Crippen LogP contribution >= 0.6 is 18.5 Å². The van der Waals surface area contributed by atoms with E-state index in [9.17, 15) is 4.79 Å². The van der Waals surface area contributed by atoms with Crippen LogP contribution in [0.25, 0.3) is 32.7 Å². The summed E-state index contributed by atoms with van der Waals surface area (Å²) >= 11 is 0. The smallest absolute Gasteiger partial charge is 0.207 e. The number of aryl methyl sites for hydroxylation is 1. The quantitative estimate of drug-likeness (QED) is 0.387. The Kier molecular flexibility index (Phi) is 5.44. The Hall–Kier alpha value is -2.27.